The van der Waals surface area contributed by atoms with E-state index in [-0.39, 0.29) is 5.91 Å². The van der Waals surface area contributed by atoms with Gasteiger partial charge in [0.15, 0.2) is 0 Å². The summed E-state index contributed by atoms with van der Waals surface area (Å²) < 4.78 is 0. The van der Waals surface area contributed by atoms with Gasteiger partial charge in [0.2, 0.25) is 0 Å². The van der Waals surface area contributed by atoms with Crippen molar-refractivity contribution in [1.82, 2.24) is 10.4 Å². The molecule has 4 rings (SSSR count). The van der Waals surface area contributed by atoms with Gasteiger partial charge in [-0.3, -0.25) is 4.79 Å². The number of rotatable bonds is 3. The summed E-state index contributed by atoms with van der Waals surface area (Å²) in [6.45, 7) is 0. The number of aromatic amines is 1. The molecule has 1 aliphatic carbocycles. The maximum Gasteiger partial charge on any atom is 0.272 e. The van der Waals surface area contributed by atoms with E-state index in [1.807, 2.05) is 35.8 Å². The number of hydrogen-bond donors (Lipinski definition) is 2. The predicted octanol–water partition coefficient (Wildman–Crippen LogP) is 3.87. The molecule has 2 N–H and O–H groups in total. The molecule has 5 heteroatoms. The number of para-hydroxylation sites is 1. The minimum Gasteiger partial charge on any atom is -0.361 e. The minimum atomic E-state index is -0.111. The number of carbonyl (C=O) groups is 1. The Hall–Kier alpha value is -2.40. The topological polar surface area (TPSA) is 57.2 Å². The molecule has 1 amide bonds. The summed E-state index contributed by atoms with van der Waals surface area (Å²) in [5, 5.41) is 7.19. The lowest BCUT2D eigenvalue weighted by Crippen LogP contribution is -2.19. The van der Waals surface area contributed by atoms with Gasteiger partial charge in [-0.05, 0) is 37.3 Å². The lowest BCUT2D eigenvalue weighted by atomic mass is 9.96. The van der Waals surface area contributed by atoms with Gasteiger partial charge < -0.3 is 4.98 Å². The Morgan fingerprint density at radius 3 is 3.09 bits per heavy atom. The molecule has 0 fully saturated rings. The zero-order valence-electron chi connectivity index (χ0n) is 12.6. The van der Waals surface area contributed by atoms with E-state index in [4.69, 9.17) is 0 Å². The van der Waals surface area contributed by atoms with Gasteiger partial charge in [0, 0.05) is 32.9 Å². The predicted molar refractivity (Wildman–Crippen MR) is 94.3 cm³/mol. The molecule has 2 aromatic heterocycles. The smallest absolute Gasteiger partial charge is 0.272 e. The number of aromatic nitrogens is 1. The van der Waals surface area contributed by atoms with Crippen molar-refractivity contribution in [3.63, 3.8) is 0 Å². The van der Waals surface area contributed by atoms with Crippen molar-refractivity contribution in [2.45, 2.75) is 25.7 Å². The summed E-state index contributed by atoms with van der Waals surface area (Å²) in [5.41, 5.74) is 6.71. The minimum absolute atomic E-state index is 0.111. The van der Waals surface area contributed by atoms with Crippen molar-refractivity contribution in [1.29, 1.82) is 0 Å². The summed E-state index contributed by atoms with van der Waals surface area (Å²) >= 11 is 1.70. The molecule has 1 aromatic carbocycles. The van der Waals surface area contributed by atoms with Crippen molar-refractivity contribution >= 4 is 34.4 Å². The average Bonchev–Trinajstić information content (AvgIpc) is 3.19. The maximum atomic E-state index is 12.3. The zero-order chi connectivity index (χ0) is 15.6. The van der Waals surface area contributed by atoms with Crippen LogP contribution in [0.4, 0.5) is 0 Å². The van der Waals surface area contributed by atoms with Crippen molar-refractivity contribution in [3.8, 4) is 0 Å². The molecule has 0 saturated heterocycles. The standard InChI is InChI=1S/C18H17N3OS/c22-18(15-11-23-17-8-4-2-6-14(15)17)21-20-10-12-9-19-16-7-3-1-5-13(12)16/h1,3,5,7,9-11,19H,2,4,6,8H2,(H,21,22)/b20-10-. The normalized spacial score (nSPS) is 14.3. The molecule has 4 nitrogen and oxygen atoms in total. The number of amides is 1. The maximum absolute atomic E-state index is 12.3. The van der Waals surface area contributed by atoms with Gasteiger partial charge in [-0.2, -0.15) is 5.10 Å². The number of thiophene rings is 1. The van der Waals surface area contributed by atoms with Crippen molar-refractivity contribution in [2.75, 3.05) is 0 Å². The third kappa shape index (κ3) is 2.68. The van der Waals surface area contributed by atoms with Crippen LogP contribution < -0.4 is 5.43 Å². The van der Waals surface area contributed by atoms with E-state index in [1.165, 1.54) is 23.3 Å². The Kier molecular flexibility index (Phi) is 3.71. The lowest BCUT2D eigenvalue weighted by molar-refractivity contribution is 0.0954. The SMILES string of the molecule is O=C(N/N=C\c1c[nH]c2ccccc12)c1csc2c1CCCC2. The van der Waals surface area contributed by atoms with E-state index in [2.05, 4.69) is 15.5 Å². The quantitative estimate of drug-likeness (QED) is 0.558. The average molecular weight is 323 g/mol. The number of nitrogens with zero attached hydrogens (tertiary/aromatic N) is 1. The number of aryl methyl sites for hydroxylation is 1. The second kappa shape index (κ2) is 6.01. The van der Waals surface area contributed by atoms with Crippen LogP contribution in [0, 0.1) is 0 Å². The van der Waals surface area contributed by atoms with Gasteiger partial charge in [0.05, 0.1) is 11.8 Å². The fourth-order valence-corrected chi connectivity index (χ4v) is 4.23. The van der Waals surface area contributed by atoms with Crippen LogP contribution in [-0.2, 0) is 12.8 Å². The number of benzene rings is 1. The molecule has 0 radical (unpaired) electrons. The fraction of sp³-hybridized carbons (Fsp3) is 0.222. The highest BCUT2D eigenvalue weighted by Gasteiger charge is 2.19. The van der Waals surface area contributed by atoms with Crippen LogP contribution in [0.15, 0.2) is 40.9 Å². The van der Waals surface area contributed by atoms with Crippen LogP contribution in [0.2, 0.25) is 0 Å². The van der Waals surface area contributed by atoms with E-state index in [0.717, 1.165) is 34.9 Å². The first kappa shape index (κ1) is 14.2. The molecular formula is C18H17N3OS. The molecule has 23 heavy (non-hydrogen) atoms. The number of H-pyrrole nitrogens is 1. The highest BCUT2D eigenvalue weighted by atomic mass is 32.1. The number of carbonyl (C=O) groups excluding carboxylic acids is 1. The Morgan fingerprint density at radius 2 is 2.13 bits per heavy atom. The first-order valence-corrected chi connectivity index (χ1v) is 8.69. The summed E-state index contributed by atoms with van der Waals surface area (Å²) in [5.74, 6) is -0.111. The highest BCUT2D eigenvalue weighted by molar-refractivity contribution is 7.10. The summed E-state index contributed by atoms with van der Waals surface area (Å²) in [4.78, 5) is 16.9. The molecule has 3 aromatic rings. The molecule has 0 atom stereocenters. The molecule has 2 heterocycles. The van der Waals surface area contributed by atoms with Crippen LogP contribution in [-0.4, -0.2) is 17.1 Å². The molecule has 0 saturated carbocycles. The summed E-state index contributed by atoms with van der Waals surface area (Å²) in [6, 6.07) is 8.03. The van der Waals surface area contributed by atoms with Crippen LogP contribution in [0.25, 0.3) is 10.9 Å². The second-order valence-corrected chi connectivity index (χ2v) is 6.71. The van der Waals surface area contributed by atoms with Crippen LogP contribution in [0.3, 0.4) is 0 Å². The van der Waals surface area contributed by atoms with Gasteiger partial charge >= 0.3 is 0 Å². The van der Waals surface area contributed by atoms with Crippen LogP contribution >= 0.6 is 11.3 Å². The van der Waals surface area contributed by atoms with Gasteiger partial charge in [0.1, 0.15) is 0 Å². The number of fused-ring (bicyclic) bond motifs is 2. The lowest BCUT2D eigenvalue weighted by Gasteiger charge is -2.11. The fourth-order valence-electron chi connectivity index (χ4n) is 3.11. The molecular weight excluding hydrogens is 306 g/mol. The molecule has 0 bridgehead atoms. The van der Waals surface area contributed by atoms with E-state index in [9.17, 15) is 4.79 Å². The molecule has 116 valence electrons. The number of hydrazone groups is 1. The van der Waals surface area contributed by atoms with Gasteiger partial charge in [-0.1, -0.05) is 18.2 Å². The van der Waals surface area contributed by atoms with E-state index < -0.39 is 0 Å². The Labute approximate surface area is 138 Å². The Bertz CT molecular complexity index is 891. The van der Waals surface area contributed by atoms with E-state index in [0.29, 0.717) is 0 Å². The molecule has 0 aliphatic heterocycles. The van der Waals surface area contributed by atoms with Gasteiger partial charge in [-0.25, -0.2) is 5.43 Å². The highest BCUT2D eigenvalue weighted by Crippen LogP contribution is 2.30. The van der Waals surface area contributed by atoms with Crippen molar-refractivity contribution < 1.29 is 4.79 Å². The number of nitrogens with one attached hydrogen (secondary N) is 2. The summed E-state index contributed by atoms with van der Waals surface area (Å²) in [6.07, 6.45) is 8.10. The summed E-state index contributed by atoms with van der Waals surface area (Å²) in [7, 11) is 0. The Balaban J connectivity index is 1.50. The number of hydrogen-bond acceptors (Lipinski definition) is 3. The van der Waals surface area contributed by atoms with E-state index >= 15 is 0 Å². The van der Waals surface area contributed by atoms with Crippen molar-refractivity contribution in [2.24, 2.45) is 5.10 Å². The third-order valence-corrected chi connectivity index (χ3v) is 5.39. The zero-order valence-corrected chi connectivity index (χ0v) is 13.5. The third-order valence-electron chi connectivity index (χ3n) is 4.30. The largest absolute Gasteiger partial charge is 0.361 e. The monoisotopic (exact) mass is 323 g/mol. The second-order valence-electron chi connectivity index (χ2n) is 5.75. The molecule has 1 aliphatic rings. The van der Waals surface area contributed by atoms with Crippen LogP contribution in [0.1, 0.15) is 39.2 Å². The molecule has 0 spiro atoms. The van der Waals surface area contributed by atoms with E-state index in [1.54, 1.807) is 17.6 Å². The first-order chi connectivity index (χ1) is 11.3. The van der Waals surface area contributed by atoms with Crippen LogP contribution in [0.5, 0.6) is 0 Å². The van der Waals surface area contributed by atoms with Gasteiger partial charge in [0.25, 0.3) is 5.91 Å². The first-order valence-electron chi connectivity index (χ1n) is 7.81. The van der Waals surface area contributed by atoms with Crippen molar-refractivity contribution in [3.05, 3.63) is 57.4 Å². The Morgan fingerprint density at radius 1 is 1.26 bits per heavy atom. The molecule has 0 unspecified atom stereocenters. The van der Waals surface area contributed by atoms with Gasteiger partial charge in [-0.15, -0.1) is 11.3 Å².